The number of thiophene rings is 1. The monoisotopic (exact) mass is 225 g/mol. The fourth-order valence-electron chi connectivity index (χ4n) is 1.03. The Bertz CT molecular complexity index is 441. The molecule has 0 bridgehead atoms. The van der Waals surface area contributed by atoms with Gasteiger partial charge in [-0.15, -0.1) is 11.3 Å². The van der Waals surface area contributed by atoms with E-state index in [1.54, 1.807) is 17.4 Å². The second kappa shape index (κ2) is 3.94. The van der Waals surface area contributed by atoms with E-state index >= 15 is 0 Å². The van der Waals surface area contributed by atoms with Crippen LogP contribution in [-0.2, 0) is 0 Å². The molecule has 2 heterocycles. The molecule has 0 aromatic carbocycles. The molecule has 0 saturated carbocycles. The Balaban J connectivity index is 2.23. The van der Waals surface area contributed by atoms with Gasteiger partial charge in [0.25, 0.3) is 0 Å². The van der Waals surface area contributed by atoms with E-state index in [0.29, 0.717) is 11.0 Å². The van der Waals surface area contributed by atoms with Crippen molar-refractivity contribution in [1.82, 2.24) is 9.97 Å². The number of halogens is 1. The van der Waals surface area contributed by atoms with Gasteiger partial charge in [0.1, 0.15) is 17.3 Å². The topological polar surface area (TPSA) is 37.8 Å². The SMILES string of the molecule is Cc1cscc1Nc1cc(Cl)ncn1. The first-order chi connectivity index (χ1) is 6.75. The molecule has 0 spiro atoms. The van der Waals surface area contributed by atoms with Crippen molar-refractivity contribution in [3.05, 3.63) is 33.9 Å². The second-order valence-electron chi connectivity index (χ2n) is 2.82. The van der Waals surface area contributed by atoms with Crippen LogP contribution >= 0.6 is 22.9 Å². The summed E-state index contributed by atoms with van der Waals surface area (Å²) in [7, 11) is 0. The quantitative estimate of drug-likeness (QED) is 0.798. The molecule has 5 heteroatoms. The molecule has 2 rings (SSSR count). The number of aromatic nitrogens is 2. The molecule has 1 N–H and O–H groups in total. The van der Waals surface area contributed by atoms with Crippen LogP contribution in [0.3, 0.4) is 0 Å². The normalized spacial score (nSPS) is 10.1. The van der Waals surface area contributed by atoms with Crippen molar-refractivity contribution in [2.45, 2.75) is 6.92 Å². The number of rotatable bonds is 2. The summed E-state index contributed by atoms with van der Waals surface area (Å²) in [6.45, 7) is 2.04. The third-order valence-corrected chi connectivity index (χ3v) is 2.82. The lowest BCUT2D eigenvalue weighted by Crippen LogP contribution is -1.93. The van der Waals surface area contributed by atoms with E-state index in [-0.39, 0.29) is 0 Å². The van der Waals surface area contributed by atoms with Crippen molar-refractivity contribution < 1.29 is 0 Å². The number of hydrogen-bond acceptors (Lipinski definition) is 4. The van der Waals surface area contributed by atoms with Crippen LogP contribution in [0.2, 0.25) is 5.15 Å². The van der Waals surface area contributed by atoms with Gasteiger partial charge in [-0.05, 0) is 17.9 Å². The van der Waals surface area contributed by atoms with E-state index in [0.717, 1.165) is 5.69 Å². The van der Waals surface area contributed by atoms with Gasteiger partial charge in [-0.1, -0.05) is 11.6 Å². The highest BCUT2D eigenvalue weighted by Crippen LogP contribution is 2.23. The number of nitrogens with one attached hydrogen (secondary N) is 1. The summed E-state index contributed by atoms with van der Waals surface area (Å²) in [5.41, 5.74) is 2.26. The van der Waals surface area contributed by atoms with Gasteiger partial charge < -0.3 is 5.32 Å². The minimum atomic E-state index is 0.440. The lowest BCUT2D eigenvalue weighted by atomic mass is 10.3. The Morgan fingerprint density at radius 2 is 2.21 bits per heavy atom. The lowest BCUT2D eigenvalue weighted by Gasteiger charge is -2.03. The Kier molecular flexibility index (Phi) is 2.65. The average Bonchev–Trinajstić information content (AvgIpc) is 2.52. The molecule has 0 aliphatic heterocycles. The minimum Gasteiger partial charge on any atom is -0.339 e. The minimum absolute atomic E-state index is 0.440. The molecule has 14 heavy (non-hydrogen) atoms. The molecule has 0 aliphatic rings. The predicted molar refractivity (Wildman–Crippen MR) is 59.4 cm³/mol. The zero-order chi connectivity index (χ0) is 9.97. The molecule has 0 atom stereocenters. The van der Waals surface area contributed by atoms with Crippen molar-refractivity contribution >= 4 is 34.4 Å². The highest BCUT2D eigenvalue weighted by Gasteiger charge is 2.01. The highest BCUT2D eigenvalue weighted by atomic mass is 35.5. The van der Waals surface area contributed by atoms with Crippen LogP contribution in [0.25, 0.3) is 0 Å². The molecular weight excluding hydrogens is 218 g/mol. The highest BCUT2D eigenvalue weighted by molar-refractivity contribution is 7.08. The Labute approximate surface area is 90.8 Å². The van der Waals surface area contributed by atoms with Crippen LogP contribution in [-0.4, -0.2) is 9.97 Å². The summed E-state index contributed by atoms with van der Waals surface area (Å²) < 4.78 is 0. The molecule has 2 aromatic rings. The van der Waals surface area contributed by atoms with Crippen molar-refractivity contribution in [1.29, 1.82) is 0 Å². The summed E-state index contributed by atoms with van der Waals surface area (Å²) in [5.74, 6) is 0.714. The molecule has 3 nitrogen and oxygen atoms in total. The Morgan fingerprint density at radius 3 is 2.86 bits per heavy atom. The largest absolute Gasteiger partial charge is 0.339 e. The van der Waals surface area contributed by atoms with Gasteiger partial charge >= 0.3 is 0 Å². The molecule has 2 aromatic heterocycles. The van der Waals surface area contributed by atoms with Gasteiger partial charge in [0.05, 0.1) is 5.69 Å². The van der Waals surface area contributed by atoms with Crippen LogP contribution in [0.4, 0.5) is 11.5 Å². The van der Waals surface area contributed by atoms with Crippen molar-refractivity contribution in [2.24, 2.45) is 0 Å². The molecular formula is C9H8ClN3S. The molecule has 0 unspecified atom stereocenters. The van der Waals surface area contributed by atoms with Gasteiger partial charge in [-0.25, -0.2) is 9.97 Å². The van der Waals surface area contributed by atoms with Crippen LogP contribution in [0.15, 0.2) is 23.2 Å². The first-order valence-corrected chi connectivity index (χ1v) is 5.35. The fraction of sp³-hybridized carbons (Fsp3) is 0.111. The molecule has 0 aliphatic carbocycles. The third-order valence-electron chi connectivity index (χ3n) is 1.75. The van der Waals surface area contributed by atoms with Crippen LogP contribution in [0, 0.1) is 6.92 Å². The van der Waals surface area contributed by atoms with E-state index < -0.39 is 0 Å². The van der Waals surface area contributed by atoms with E-state index in [2.05, 4.69) is 20.7 Å². The zero-order valence-corrected chi connectivity index (χ0v) is 9.06. The average molecular weight is 226 g/mol. The number of anilines is 2. The van der Waals surface area contributed by atoms with Crippen molar-refractivity contribution in [3.8, 4) is 0 Å². The third kappa shape index (κ3) is 2.02. The van der Waals surface area contributed by atoms with E-state index in [1.807, 2.05) is 12.3 Å². The maximum atomic E-state index is 5.74. The molecule has 72 valence electrons. The first-order valence-electron chi connectivity index (χ1n) is 4.03. The van der Waals surface area contributed by atoms with Gasteiger partial charge in [0.2, 0.25) is 0 Å². The van der Waals surface area contributed by atoms with E-state index in [1.165, 1.54) is 11.9 Å². The second-order valence-corrected chi connectivity index (χ2v) is 3.95. The standard InChI is InChI=1S/C9H8ClN3S/c1-6-3-14-4-7(6)13-9-2-8(10)11-5-12-9/h2-5H,1H3,(H,11,12,13). The van der Waals surface area contributed by atoms with Crippen molar-refractivity contribution in [3.63, 3.8) is 0 Å². The summed E-state index contributed by atoms with van der Waals surface area (Å²) in [4.78, 5) is 7.86. The van der Waals surface area contributed by atoms with Gasteiger partial charge in [0, 0.05) is 11.4 Å². The maximum Gasteiger partial charge on any atom is 0.135 e. The number of aryl methyl sites for hydroxylation is 1. The van der Waals surface area contributed by atoms with Gasteiger partial charge in [0.15, 0.2) is 0 Å². The molecule has 0 radical (unpaired) electrons. The van der Waals surface area contributed by atoms with Gasteiger partial charge in [-0.2, -0.15) is 0 Å². The smallest absolute Gasteiger partial charge is 0.135 e. The van der Waals surface area contributed by atoms with E-state index in [4.69, 9.17) is 11.6 Å². The summed E-state index contributed by atoms with van der Waals surface area (Å²) in [5, 5.41) is 7.72. The van der Waals surface area contributed by atoms with Crippen LogP contribution in [0.5, 0.6) is 0 Å². The molecule has 0 fully saturated rings. The van der Waals surface area contributed by atoms with Crippen LogP contribution in [0.1, 0.15) is 5.56 Å². The predicted octanol–water partition coefficient (Wildman–Crippen LogP) is 3.24. The zero-order valence-electron chi connectivity index (χ0n) is 7.49. The van der Waals surface area contributed by atoms with Crippen molar-refractivity contribution in [2.75, 3.05) is 5.32 Å². The maximum absolute atomic E-state index is 5.74. The number of nitrogens with zero attached hydrogens (tertiary/aromatic N) is 2. The Hall–Kier alpha value is -1.13. The van der Waals surface area contributed by atoms with E-state index in [9.17, 15) is 0 Å². The first kappa shape index (κ1) is 9.43. The summed E-state index contributed by atoms with van der Waals surface area (Å²) >= 11 is 7.39. The van der Waals surface area contributed by atoms with Gasteiger partial charge in [-0.3, -0.25) is 0 Å². The Morgan fingerprint density at radius 1 is 1.36 bits per heavy atom. The molecule has 0 amide bonds. The fourth-order valence-corrected chi connectivity index (χ4v) is 1.96. The summed E-state index contributed by atoms with van der Waals surface area (Å²) in [6.07, 6.45) is 1.44. The number of hydrogen-bond donors (Lipinski definition) is 1. The summed E-state index contributed by atoms with van der Waals surface area (Å²) in [6, 6.07) is 1.69. The molecule has 0 saturated heterocycles. The van der Waals surface area contributed by atoms with Crippen LogP contribution < -0.4 is 5.32 Å². The lowest BCUT2D eigenvalue weighted by molar-refractivity contribution is 1.17.